The molecule has 26 heavy (non-hydrogen) atoms. The summed E-state index contributed by atoms with van der Waals surface area (Å²) in [5, 5.41) is 0. The Hall–Kier alpha value is -1.73. The Balaban J connectivity index is 1.54. The number of piperidine rings is 1. The van der Waals surface area contributed by atoms with Crippen molar-refractivity contribution in [2.24, 2.45) is 5.92 Å². The van der Waals surface area contributed by atoms with Gasteiger partial charge in [0.15, 0.2) is 0 Å². The fourth-order valence-electron chi connectivity index (χ4n) is 3.77. The first-order valence-corrected chi connectivity index (χ1v) is 9.77. The van der Waals surface area contributed by atoms with E-state index in [0.717, 1.165) is 64.3 Å². The quantitative estimate of drug-likeness (QED) is 0.871. The van der Waals surface area contributed by atoms with Crippen LogP contribution in [0.3, 0.4) is 0 Å². The molecule has 0 unspecified atom stereocenters. The van der Waals surface area contributed by atoms with Gasteiger partial charge < -0.3 is 20.4 Å². The number of nitrogens with zero attached hydrogens (tertiary/aromatic N) is 5. The van der Waals surface area contributed by atoms with Gasteiger partial charge in [0.05, 0.1) is 0 Å². The fraction of sp³-hybridized carbons (Fsp3) is 0.737. The van der Waals surface area contributed by atoms with E-state index in [2.05, 4.69) is 26.8 Å². The number of hydrogen-bond acceptors (Lipinski definition) is 6. The van der Waals surface area contributed by atoms with Gasteiger partial charge in [0.2, 0.25) is 5.95 Å². The molecule has 2 aliphatic heterocycles. The molecule has 144 valence electrons. The first kappa shape index (κ1) is 19.0. The Kier molecular flexibility index (Phi) is 6.09. The summed E-state index contributed by atoms with van der Waals surface area (Å²) in [4.78, 5) is 28.1. The standard InChI is InChI=1S/C19H32N6O/c1-14(2)16-12-17(22-19(20)21-16)18(26)25-6-4-15(5-7-25)13-24-10-8-23(3)9-11-24/h12,14-15H,4-11,13H2,1-3H3,(H2,20,21,22). The van der Waals surface area contributed by atoms with Crippen LogP contribution in [-0.4, -0.2) is 83.4 Å². The molecule has 7 heteroatoms. The first-order chi connectivity index (χ1) is 12.4. The van der Waals surface area contributed by atoms with Crippen molar-refractivity contribution < 1.29 is 4.79 Å². The largest absolute Gasteiger partial charge is 0.368 e. The van der Waals surface area contributed by atoms with Crippen molar-refractivity contribution in [3.63, 3.8) is 0 Å². The highest BCUT2D eigenvalue weighted by Crippen LogP contribution is 2.21. The van der Waals surface area contributed by atoms with Gasteiger partial charge in [-0.15, -0.1) is 0 Å². The van der Waals surface area contributed by atoms with Crippen molar-refractivity contribution in [3.8, 4) is 0 Å². The zero-order chi connectivity index (χ0) is 18.7. The molecule has 1 amide bonds. The van der Waals surface area contributed by atoms with Crippen LogP contribution in [0.15, 0.2) is 6.07 Å². The molecule has 3 rings (SSSR count). The number of piperazine rings is 1. The molecule has 2 aliphatic rings. The van der Waals surface area contributed by atoms with E-state index in [9.17, 15) is 4.79 Å². The summed E-state index contributed by atoms with van der Waals surface area (Å²) >= 11 is 0. The fourth-order valence-corrected chi connectivity index (χ4v) is 3.77. The van der Waals surface area contributed by atoms with E-state index < -0.39 is 0 Å². The second kappa shape index (κ2) is 8.31. The lowest BCUT2D eigenvalue weighted by atomic mass is 9.95. The van der Waals surface area contributed by atoms with Crippen LogP contribution in [0.4, 0.5) is 5.95 Å². The third-order valence-electron chi connectivity index (χ3n) is 5.59. The summed E-state index contributed by atoms with van der Waals surface area (Å²) in [6, 6.07) is 1.79. The molecule has 0 aliphatic carbocycles. The molecule has 0 saturated carbocycles. The maximum atomic E-state index is 12.8. The van der Waals surface area contributed by atoms with Crippen LogP contribution in [0, 0.1) is 5.92 Å². The average molecular weight is 361 g/mol. The van der Waals surface area contributed by atoms with Gasteiger partial charge in [-0.05, 0) is 37.8 Å². The third-order valence-corrected chi connectivity index (χ3v) is 5.59. The molecule has 0 atom stereocenters. The number of likely N-dealkylation sites (tertiary alicyclic amines) is 1. The third kappa shape index (κ3) is 4.71. The SMILES string of the molecule is CC(C)c1cc(C(=O)N2CCC(CN3CCN(C)CC3)CC2)nc(N)n1. The topological polar surface area (TPSA) is 78.6 Å². The molecule has 1 aromatic heterocycles. The molecule has 0 radical (unpaired) electrons. The molecule has 0 aromatic carbocycles. The summed E-state index contributed by atoms with van der Waals surface area (Å²) in [5.41, 5.74) is 7.05. The summed E-state index contributed by atoms with van der Waals surface area (Å²) in [6.45, 7) is 11.5. The lowest BCUT2D eigenvalue weighted by molar-refractivity contribution is 0.0638. The summed E-state index contributed by atoms with van der Waals surface area (Å²) in [7, 11) is 2.19. The molecular formula is C19H32N6O. The zero-order valence-corrected chi connectivity index (χ0v) is 16.3. The number of carbonyl (C=O) groups excluding carboxylic acids is 1. The predicted octanol–water partition coefficient (Wildman–Crippen LogP) is 1.28. The number of hydrogen-bond donors (Lipinski definition) is 1. The first-order valence-electron chi connectivity index (χ1n) is 9.77. The van der Waals surface area contributed by atoms with E-state index in [1.807, 2.05) is 18.7 Å². The van der Waals surface area contributed by atoms with Crippen LogP contribution in [0.1, 0.15) is 48.8 Å². The predicted molar refractivity (Wildman–Crippen MR) is 103 cm³/mol. The summed E-state index contributed by atoms with van der Waals surface area (Å²) < 4.78 is 0. The van der Waals surface area contributed by atoms with Gasteiger partial charge in [0.25, 0.3) is 5.91 Å². The molecule has 3 heterocycles. The summed E-state index contributed by atoms with van der Waals surface area (Å²) in [6.07, 6.45) is 2.13. The number of nitrogen functional groups attached to an aromatic ring is 1. The number of rotatable bonds is 4. The van der Waals surface area contributed by atoms with E-state index in [1.165, 1.54) is 0 Å². The maximum Gasteiger partial charge on any atom is 0.272 e. The highest BCUT2D eigenvalue weighted by molar-refractivity contribution is 5.92. The Labute approximate surface area is 156 Å². The van der Waals surface area contributed by atoms with Crippen LogP contribution in [0.25, 0.3) is 0 Å². The van der Waals surface area contributed by atoms with Crippen molar-refractivity contribution in [2.75, 3.05) is 58.6 Å². The van der Waals surface area contributed by atoms with Crippen LogP contribution >= 0.6 is 0 Å². The molecule has 0 spiro atoms. The number of carbonyl (C=O) groups is 1. The van der Waals surface area contributed by atoms with Gasteiger partial charge in [-0.3, -0.25) is 4.79 Å². The van der Waals surface area contributed by atoms with E-state index in [-0.39, 0.29) is 17.8 Å². The van der Waals surface area contributed by atoms with Crippen molar-refractivity contribution in [1.29, 1.82) is 0 Å². The minimum absolute atomic E-state index is 0.0148. The molecule has 0 bridgehead atoms. The number of anilines is 1. The van der Waals surface area contributed by atoms with Gasteiger partial charge >= 0.3 is 0 Å². The van der Waals surface area contributed by atoms with E-state index >= 15 is 0 Å². The molecule has 7 nitrogen and oxygen atoms in total. The van der Waals surface area contributed by atoms with Gasteiger partial charge in [-0.1, -0.05) is 13.8 Å². The van der Waals surface area contributed by atoms with Crippen molar-refractivity contribution in [3.05, 3.63) is 17.5 Å². The van der Waals surface area contributed by atoms with Gasteiger partial charge in [0, 0.05) is 51.5 Å². The van der Waals surface area contributed by atoms with Gasteiger partial charge in [-0.25, -0.2) is 9.97 Å². The lowest BCUT2D eigenvalue weighted by Gasteiger charge is -2.37. The number of aromatic nitrogens is 2. The van der Waals surface area contributed by atoms with Crippen LogP contribution < -0.4 is 5.73 Å². The Morgan fingerprint density at radius 1 is 1.15 bits per heavy atom. The Morgan fingerprint density at radius 3 is 2.42 bits per heavy atom. The average Bonchev–Trinajstić information content (AvgIpc) is 2.63. The van der Waals surface area contributed by atoms with Crippen LogP contribution in [0.2, 0.25) is 0 Å². The normalized spacial score (nSPS) is 20.7. The van der Waals surface area contributed by atoms with E-state index in [0.29, 0.717) is 11.6 Å². The van der Waals surface area contributed by atoms with Crippen molar-refractivity contribution >= 4 is 11.9 Å². The lowest BCUT2D eigenvalue weighted by Crippen LogP contribution is -2.48. The zero-order valence-electron chi connectivity index (χ0n) is 16.3. The number of amides is 1. The number of nitrogens with two attached hydrogens (primary N) is 1. The molecule has 2 N–H and O–H groups in total. The minimum atomic E-state index is -0.0148. The molecule has 2 saturated heterocycles. The van der Waals surface area contributed by atoms with Crippen LogP contribution in [-0.2, 0) is 0 Å². The molecule has 1 aromatic rings. The van der Waals surface area contributed by atoms with Gasteiger partial charge in [-0.2, -0.15) is 0 Å². The smallest absolute Gasteiger partial charge is 0.272 e. The highest BCUT2D eigenvalue weighted by atomic mass is 16.2. The second-order valence-electron chi connectivity index (χ2n) is 8.03. The monoisotopic (exact) mass is 360 g/mol. The van der Waals surface area contributed by atoms with Crippen molar-refractivity contribution in [1.82, 2.24) is 24.7 Å². The maximum absolute atomic E-state index is 12.8. The highest BCUT2D eigenvalue weighted by Gasteiger charge is 2.27. The second-order valence-corrected chi connectivity index (χ2v) is 8.03. The Bertz CT molecular complexity index is 618. The van der Waals surface area contributed by atoms with Gasteiger partial charge in [0.1, 0.15) is 5.69 Å². The van der Waals surface area contributed by atoms with E-state index in [1.54, 1.807) is 6.07 Å². The molecule has 2 fully saturated rings. The molecular weight excluding hydrogens is 328 g/mol. The number of likely N-dealkylation sites (N-methyl/N-ethyl adjacent to an activating group) is 1. The Morgan fingerprint density at radius 2 is 1.81 bits per heavy atom. The minimum Gasteiger partial charge on any atom is -0.368 e. The van der Waals surface area contributed by atoms with Crippen LogP contribution in [0.5, 0.6) is 0 Å². The van der Waals surface area contributed by atoms with Crippen molar-refractivity contribution in [2.45, 2.75) is 32.6 Å². The van der Waals surface area contributed by atoms with E-state index in [4.69, 9.17) is 5.73 Å². The summed E-state index contributed by atoms with van der Waals surface area (Å²) in [5.74, 6) is 1.08.